The van der Waals surface area contributed by atoms with Gasteiger partial charge in [0.15, 0.2) is 0 Å². The number of hydrogen-bond donors (Lipinski definition) is 1. The maximum absolute atomic E-state index is 12.3. The summed E-state index contributed by atoms with van der Waals surface area (Å²) in [5.41, 5.74) is 0.439. The Hall–Kier alpha value is -2.86. The molecule has 0 bridgehead atoms. The van der Waals surface area contributed by atoms with Gasteiger partial charge in [-0.3, -0.25) is 4.79 Å². The molecule has 0 saturated heterocycles. The van der Waals surface area contributed by atoms with Crippen LogP contribution in [-0.2, 0) is 19.1 Å². The summed E-state index contributed by atoms with van der Waals surface area (Å²) in [5.74, 6) is -0.530. The molecule has 0 amide bonds. The molecule has 6 heteroatoms. The molecule has 0 aromatic heterocycles. The number of ether oxygens (including phenoxy) is 3. The van der Waals surface area contributed by atoms with Crippen molar-refractivity contribution in [1.82, 2.24) is 0 Å². The number of aliphatic hydroxyl groups is 1. The van der Waals surface area contributed by atoms with Gasteiger partial charge in [-0.2, -0.15) is 0 Å². The number of carbonyl (C=O) groups is 2. The van der Waals surface area contributed by atoms with Gasteiger partial charge in [0, 0.05) is 16.5 Å². The third kappa shape index (κ3) is 3.73. The van der Waals surface area contributed by atoms with Crippen LogP contribution in [0.3, 0.4) is 0 Å². The molecule has 1 N–H and O–H groups in total. The van der Waals surface area contributed by atoms with Crippen molar-refractivity contribution in [2.75, 3.05) is 0 Å². The lowest BCUT2D eigenvalue weighted by atomic mass is 9.97. The summed E-state index contributed by atoms with van der Waals surface area (Å²) in [5, 5.41) is 12.0. The fraction of sp³-hybridized carbons (Fsp3) is 0.364. The molecular formula is C22H24O6. The molecule has 0 radical (unpaired) electrons. The maximum Gasteiger partial charge on any atom is 0.374 e. The van der Waals surface area contributed by atoms with Crippen LogP contribution >= 0.6 is 0 Å². The van der Waals surface area contributed by atoms with Gasteiger partial charge in [-0.1, -0.05) is 30.3 Å². The van der Waals surface area contributed by atoms with Crippen molar-refractivity contribution in [3.63, 3.8) is 0 Å². The van der Waals surface area contributed by atoms with Gasteiger partial charge in [0.05, 0.1) is 5.41 Å². The Kier molecular flexibility index (Phi) is 5.17. The molecule has 2 atom stereocenters. The Morgan fingerprint density at radius 2 is 1.79 bits per heavy atom. The number of rotatable bonds is 4. The van der Waals surface area contributed by atoms with E-state index in [0.717, 1.165) is 0 Å². The second kappa shape index (κ2) is 7.28. The zero-order chi connectivity index (χ0) is 20.6. The average Bonchev–Trinajstić information content (AvgIpc) is 2.86. The molecule has 148 valence electrons. The van der Waals surface area contributed by atoms with E-state index in [1.165, 1.54) is 0 Å². The van der Waals surface area contributed by atoms with Crippen LogP contribution in [0.4, 0.5) is 0 Å². The van der Waals surface area contributed by atoms with Crippen LogP contribution in [0, 0.1) is 5.41 Å². The molecule has 0 aliphatic carbocycles. The van der Waals surface area contributed by atoms with Gasteiger partial charge in [0.2, 0.25) is 12.0 Å². The summed E-state index contributed by atoms with van der Waals surface area (Å²) in [7, 11) is 0. The molecule has 28 heavy (non-hydrogen) atoms. The topological polar surface area (TPSA) is 82.1 Å². The quantitative estimate of drug-likeness (QED) is 0.487. The van der Waals surface area contributed by atoms with Crippen LogP contribution in [0.5, 0.6) is 5.75 Å². The van der Waals surface area contributed by atoms with Crippen molar-refractivity contribution in [1.29, 1.82) is 0 Å². The normalized spacial score (nSPS) is 18.2. The Bertz CT molecular complexity index is 967. The van der Waals surface area contributed by atoms with Crippen molar-refractivity contribution < 1.29 is 28.9 Å². The molecule has 1 heterocycles. The lowest BCUT2D eigenvalue weighted by molar-refractivity contribution is -0.148. The van der Waals surface area contributed by atoms with E-state index >= 15 is 0 Å². The molecule has 1 aliphatic heterocycles. The number of esters is 2. The first-order chi connectivity index (χ1) is 13.1. The smallest absolute Gasteiger partial charge is 0.374 e. The first-order valence-electron chi connectivity index (χ1n) is 9.10. The van der Waals surface area contributed by atoms with Crippen molar-refractivity contribution >= 4 is 22.7 Å². The molecular weight excluding hydrogens is 360 g/mol. The minimum atomic E-state index is -1.37. The van der Waals surface area contributed by atoms with Gasteiger partial charge >= 0.3 is 11.9 Å². The van der Waals surface area contributed by atoms with Crippen LogP contribution < -0.4 is 4.74 Å². The van der Waals surface area contributed by atoms with Gasteiger partial charge in [0.1, 0.15) is 11.9 Å². The first-order valence-corrected chi connectivity index (χ1v) is 9.10. The Morgan fingerprint density at radius 3 is 2.39 bits per heavy atom. The number of carbonyl (C=O) groups excluding carboxylic acids is 2. The summed E-state index contributed by atoms with van der Waals surface area (Å²) in [6, 6.07) is 10.5. The fourth-order valence-corrected chi connectivity index (χ4v) is 2.83. The Balaban J connectivity index is 1.96. The summed E-state index contributed by atoms with van der Waals surface area (Å²) < 4.78 is 16.2. The van der Waals surface area contributed by atoms with Gasteiger partial charge in [-0.05, 0) is 46.1 Å². The highest BCUT2D eigenvalue weighted by Crippen LogP contribution is 2.34. The second-order valence-electron chi connectivity index (χ2n) is 7.87. The average molecular weight is 384 g/mol. The van der Waals surface area contributed by atoms with Crippen LogP contribution in [-0.4, -0.2) is 23.1 Å². The highest BCUT2D eigenvalue weighted by molar-refractivity contribution is 5.93. The van der Waals surface area contributed by atoms with Crippen LogP contribution in [0.1, 0.15) is 46.5 Å². The first kappa shape index (κ1) is 19.9. The molecule has 0 fully saturated rings. The van der Waals surface area contributed by atoms with E-state index in [1.54, 1.807) is 71.0 Å². The SMILES string of the molecule is CC1=C(OC(O)c2cccc3c(OC(=O)C(C)(C)C)cccc23)C(=O)OC1C. The molecule has 2 unspecified atom stereocenters. The maximum atomic E-state index is 12.3. The number of aliphatic hydroxyl groups excluding tert-OH is 1. The number of cyclic esters (lactones) is 1. The van der Waals surface area contributed by atoms with E-state index in [9.17, 15) is 14.7 Å². The fourth-order valence-electron chi connectivity index (χ4n) is 2.83. The van der Waals surface area contributed by atoms with Gasteiger partial charge < -0.3 is 19.3 Å². The summed E-state index contributed by atoms with van der Waals surface area (Å²) >= 11 is 0. The second-order valence-corrected chi connectivity index (χ2v) is 7.87. The molecule has 6 nitrogen and oxygen atoms in total. The molecule has 3 rings (SSSR count). The van der Waals surface area contributed by atoms with Gasteiger partial charge in [-0.25, -0.2) is 4.79 Å². The van der Waals surface area contributed by atoms with E-state index in [0.29, 0.717) is 27.7 Å². The number of fused-ring (bicyclic) bond motifs is 1. The van der Waals surface area contributed by atoms with Crippen molar-refractivity contribution in [2.45, 2.75) is 47.0 Å². The molecule has 1 aliphatic rings. The lowest BCUT2D eigenvalue weighted by Crippen LogP contribution is -2.25. The van der Waals surface area contributed by atoms with E-state index in [1.807, 2.05) is 0 Å². The van der Waals surface area contributed by atoms with Gasteiger partial charge in [-0.15, -0.1) is 0 Å². The summed E-state index contributed by atoms with van der Waals surface area (Å²) in [6.07, 6.45) is -1.76. The lowest BCUT2D eigenvalue weighted by Gasteiger charge is -2.19. The standard InChI is InChI=1S/C22H24O6/c1-12-13(2)26-20(24)18(12)28-19(23)16-10-6-9-15-14(16)8-7-11-17(15)27-21(25)22(3,4)5/h6-11,13,19,23H,1-5H3. The number of hydrogen-bond acceptors (Lipinski definition) is 6. The molecule has 0 saturated carbocycles. The Labute approximate surface area is 163 Å². The third-order valence-electron chi connectivity index (χ3n) is 4.66. The molecule has 2 aromatic carbocycles. The monoisotopic (exact) mass is 384 g/mol. The van der Waals surface area contributed by atoms with Crippen LogP contribution in [0.2, 0.25) is 0 Å². The van der Waals surface area contributed by atoms with E-state index < -0.39 is 17.7 Å². The number of benzene rings is 2. The zero-order valence-electron chi connectivity index (χ0n) is 16.6. The summed E-state index contributed by atoms with van der Waals surface area (Å²) in [4.78, 5) is 24.2. The highest BCUT2D eigenvalue weighted by Gasteiger charge is 2.32. The van der Waals surface area contributed by atoms with E-state index in [2.05, 4.69) is 0 Å². The molecule has 2 aromatic rings. The third-order valence-corrected chi connectivity index (χ3v) is 4.66. The Morgan fingerprint density at radius 1 is 1.14 bits per heavy atom. The minimum Gasteiger partial charge on any atom is -0.453 e. The summed E-state index contributed by atoms with van der Waals surface area (Å²) in [6.45, 7) is 8.80. The predicted molar refractivity (Wildman–Crippen MR) is 103 cm³/mol. The van der Waals surface area contributed by atoms with Crippen molar-refractivity contribution in [2.24, 2.45) is 5.41 Å². The van der Waals surface area contributed by atoms with Gasteiger partial charge in [0.25, 0.3) is 0 Å². The minimum absolute atomic E-state index is 0.0207. The van der Waals surface area contributed by atoms with E-state index in [4.69, 9.17) is 14.2 Å². The largest absolute Gasteiger partial charge is 0.453 e. The highest BCUT2D eigenvalue weighted by atomic mass is 16.6. The zero-order valence-corrected chi connectivity index (χ0v) is 16.6. The van der Waals surface area contributed by atoms with Crippen molar-refractivity contribution in [3.8, 4) is 5.75 Å². The van der Waals surface area contributed by atoms with Crippen molar-refractivity contribution in [3.05, 3.63) is 53.3 Å². The predicted octanol–water partition coefficient (Wildman–Crippen LogP) is 4.02. The van der Waals surface area contributed by atoms with E-state index in [-0.39, 0.29) is 17.8 Å². The molecule has 0 spiro atoms. The van der Waals surface area contributed by atoms with Crippen LogP contribution in [0.15, 0.2) is 47.7 Å². The van der Waals surface area contributed by atoms with Crippen LogP contribution in [0.25, 0.3) is 10.8 Å².